The fraction of sp³-hybridized carbons (Fsp3) is 0.385. The molecule has 2 N–H and O–H groups in total. The predicted molar refractivity (Wildman–Crippen MR) is 132 cm³/mol. The maximum absolute atomic E-state index is 12.5. The van der Waals surface area contributed by atoms with Crippen molar-refractivity contribution in [1.29, 1.82) is 0 Å². The van der Waals surface area contributed by atoms with Gasteiger partial charge in [0.2, 0.25) is 0 Å². The Morgan fingerprint density at radius 3 is 2.43 bits per heavy atom. The van der Waals surface area contributed by atoms with Crippen LogP contribution in [-0.4, -0.2) is 41.8 Å². The lowest BCUT2D eigenvalue weighted by Crippen LogP contribution is -2.49. The summed E-state index contributed by atoms with van der Waals surface area (Å²) in [6.07, 6.45) is 4.06. The Balaban J connectivity index is 1.11. The number of para-hydroxylation sites is 1. The zero-order chi connectivity index (χ0) is 24.3. The molecule has 1 spiro atoms. The Bertz CT molecular complexity index is 1160. The monoisotopic (exact) mass is 475 g/mol. The van der Waals surface area contributed by atoms with Crippen LogP contribution in [0.4, 0.5) is 23.1 Å². The zero-order valence-electron chi connectivity index (χ0n) is 19.7. The molecule has 0 radical (unpaired) electrons. The Morgan fingerprint density at radius 2 is 1.74 bits per heavy atom. The average molecular weight is 476 g/mol. The summed E-state index contributed by atoms with van der Waals surface area (Å²) in [5.41, 5.74) is 2.85. The average Bonchev–Trinajstić information content (AvgIpc) is 3.32. The summed E-state index contributed by atoms with van der Waals surface area (Å²) in [5, 5.41) is 13.5. The van der Waals surface area contributed by atoms with E-state index in [2.05, 4.69) is 25.7 Å². The van der Waals surface area contributed by atoms with Gasteiger partial charge in [0.1, 0.15) is 0 Å². The van der Waals surface area contributed by atoms with E-state index in [1.54, 1.807) is 0 Å². The Morgan fingerprint density at radius 1 is 1.03 bits per heavy atom. The van der Waals surface area contributed by atoms with E-state index < -0.39 is 5.91 Å². The van der Waals surface area contributed by atoms with E-state index in [1.165, 1.54) is 0 Å². The summed E-state index contributed by atoms with van der Waals surface area (Å²) in [4.78, 5) is 26.8. The quantitative estimate of drug-likeness (QED) is 0.476. The number of carbonyl (C=O) groups excluding carboxylic acids is 2. The van der Waals surface area contributed by atoms with Crippen molar-refractivity contribution in [2.24, 2.45) is 11.3 Å². The van der Waals surface area contributed by atoms with Crippen LogP contribution in [0.1, 0.15) is 43.3 Å². The fourth-order valence-corrected chi connectivity index (χ4v) is 5.01. The zero-order valence-corrected chi connectivity index (χ0v) is 19.7. The molecule has 1 saturated carbocycles. The van der Waals surface area contributed by atoms with Crippen LogP contribution in [0.3, 0.4) is 0 Å². The molecule has 9 nitrogen and oxygen atoms in total. The van der Waals surface area contributed by atoms with Crippen molar-refractivity contribution in [3.8, 4) is 0 Å². The minimum atomic E-state index is -0.465. The molecule has 9 heteroatoms. The molecular formula is C26H29N5O4. The van der Waals surface area contributed by atoms with Crippen molar-refractivity contribution in [3.05, 3.63) is 60.5 Å². The Hall–Kier alpha value is -3.88. The number of carbonyl (C=O) groups is 2. The second-order valence-electron chi connectivity index (χ2n) is 9.25. The molecule has 5 rings (SSSR count). The van der Waals surface area contributed by atoms with Crippen molar-refractivity contribution in [2.45, 2.75) is 32.6 Å². The van der Waals surface area contributed by atoms with Crippen molar-refractivity contribution >= 4 is 35.0 Å². The van der Waals surface area contributed by atoms with Gasteiger partial charge >= 0.3 is 23.8 Å². The lowest BCUT2D eigenvalue weighted by molar-refractivity contribution is -0.157. The highest BCUT2D eigenvalue weighted by Gasteiger charge is 2.49. The molecule has 1 amide bonds. The highest BCUT2D eigenvalue weighted by Crippen LogP contribution is 2.53. The van der Waals surface area contributed by atoms with Gasteiger partial charge in [-0.2, -0.15) is 0 Å². The number of aromatic nitrogens is 2. The topological polar surface area (TPSA) is 110 Å². The van der Waals surface area contributed by atoms with E-state index in [0.29, 0.717) is 17.7 Å². The molecule has 2 fully saturated rings. The van der Waals surface area contributed by atoms with Gasteiger partial charge in [0, 0.05) is 30.2 Å². The van der Waals surface area contributed by atoms with Crippen LogP contribution in [-0.2, 0) is 9.53 Å². The van der Waals surface area contributed by atoms with Gasteiger partial charge in [-0.25, -0.2) is 0 Å². The number of piperidine rings is 1. The van der Waals surface area contributed by atoms with Gasteiger partial charge in [-0.15, -0.1) is 5.10 Å². The number of hydrogen-bond acceptors (Lipinski definition) is 8. The first kappa shape index (κ1) is 22.9. The number of benzene rings is 2. The van der Waals surface area contributed by atoms with Gasteiger partial charge in [0.15, 0.2) is 0 Å². The molecule has 0 unspecified atom stereocenters. The molecule has 2 heterocycles. The highest BCUT2D eigenvalue weighted by molar-refractivity contribution is 6.01. The highest BCUT2D eigenvalue weighted by atomic mass is 16.5. The third-order valence-electron chi connectivity index (χ3n) is 6.94. The fourth-order valence-electron chi connectivity index (χ4n) is 5.01. The van der Waals surface area contributed by atoms with E-state index in [0.717, 1.165) is 50.1 Å². The van der Waals surface area contributed by atoms with Crippen molar-refractivity contribution in [2.75, 3.05) is 35.2 Å². The first-order valence-corrected chi connectivity index (χ1v) is 12.0. The van der Waals surface area contributed by atoms with Gasteiger partial charge in [-0.1, -0.05) is 23.3 Å². The summed E-state index contributed by atoms with van der Waals surface area (Å²) < 4.78 is 10.6. The van der Waals surface area contributed by atoms with E-state index in [1.807, 2.05) is 61.5 Å². The second-order valence-corrected chi connectivity index (χ2v) is 9.25. The Kier molecular flexibility index (Phi) is 6.39. The molecule has 3 aromatic rings. The first-order valence-electron chi connectivity index (χ1n) is 12.0. The molecule has 182 valence electrons. The van der Waals surface area contributed by atoms with E-state index >= 15 is 0 Å². The summed E-state index contributed by atoms with van der Waals surface area (Å²) in [7, 11) is 0. The summed E-state index contributed by atoms with van der Waals surface area (Å²) in [6, 6.07) is 17.3. The summed E-state index contributed by atoms with van der Waals surface area (Å²) in [6.45, 7) is 4.22. The van der Waals surface area contributed by atoms with Crippen molar-refractivity contribution < 1.29 is 18.7 Å². The number of rotatable bonds is 7. The number of anilines is 4. The minimum absolute atomic E-state index is 0.0394. The molecule has 1 saturated heterocycles. The number of esters is 1. The van der Waals surface area contributed by atoms with Gasteiger partial charge in [0.05, 0.1) is 12.5 Å². The number of nitrogens with zero attached hydrogens (tertiary/aromatic N) is 3. The van der Waals surface area contributed by atoms with Crippen LogP contribution >= 0.6 is 0 Å². The van der Waals surface area contributed by atoms with E-state index in [4.69, 9.17) is 9.15 Å². The molecule has 0 atom stereocenters. The third kappa shape index (κ3) is 5.13. The summed E-state index contributed by atoms with van der Waals surface area (Å²) in [5.74, 6) is -0.543. The maximum atomic E-state index is 12.5. The molecule has 2 aliphatic rings. The number of ether oxygens (including phenoxy) is 1. The van der Waals surface area contributed by atoms with Crippen LogP contribution in [0.2, 0.25) is 0 Å². The van der Waals surface area contributed by atoms with Crippen LogP contribution in [0.15, 0.2) is 59.0 Å². The van der Waals surface area contributed by atoms with Crippen molar-refractivity contribution in [1.82, 2.24) is 10.2 Å². The molecule has 1 aliphatic carbocycles. The standard InChI is InChI=1S/C26H29N5O4/c1-2-34-24(33)18-16-26(17-18)12-14-31(15-13-26)21-10-8-20(9-11-21)27-22(32)23-29-30-25(35-23)28-19-6-4-3-5-7-19/h3-11,18H,2,12-17H2,1H3,(H,27,32)(H,28,30). The lowest BCUT2D eigenvalue weighted by Gasteiger charge is -2.51. The predicted octanol–water partition coefficient (Wildman–Crippen LogP) is 4.63. The first-order chi connectivity index (χ1) is 17.0. The smallest absolute Gasteiger partial charge is 0.320 e. The van der Waals surface area contributed by atoms with Gasteiger partial charge in [-0.05, 0) is 74.4 Å². The largest absolute Gasteiger partial charge is 0.466 e. The molecule has 0 bridgehead atoms. The number of hydrogen-bond donors (Lipinski definition) is 2. The molecule has 1 aliphatic heterocycles. The lowest BCUT2D eigenvalue weighted by atomic mass is 9.57. The molecular weight excluding hydrogens is 446 g/mol. The Labute approximate surface area is 203 Å². The van der Waals surface area contributed by atoms with Crippen LogP contribution < -0.4 is 15.5 Å². The number of nitrogens with one attached hydrogen (secondary N) is 2. The SMILES string of the molecule is CCOC(=O)C1CC2(CCN(c3ccc(NC(=O)c4nnc(Nc5ccccc5)o4)cc3)CC2)C1. The van der Waals surface area contributed by atoms with Crippen LogP contribution in [0.5, 0.6) is 0 Å². The van der Waals surface area contributed by atoms with Gasteiger partial charge in [0.25, 0.3) is 0 Å². The molecule has 1 aromatic heterocycles. The van der Waals surface area contributed by atoms with Gasteiger partial charge < -0.3 is 24.7 Å². The van der Waals surface area contributed by atoms with Crippen molar-refractivity contribution in [3.63, 3.8) is 0 Å². The van der Waals surface area contributed by atoms with Crippen LogP contribution in [0.25, 0.3) is 0 Å². The minimum Gasteiger partial charge on any atom is -0.466 e. The van der Waals surface area contributed by atoms with E-state index in [9.17, 15) is 9.59 Å². The maximum Gasteiger partial charge on any atom is 0.320 e. The van der Waals surface area contributed by atoms with Gasteiger partial charge in [-0.3, -0.25) is 9.59 Å². The van der Waals surface area contributed by atoms with Crippen LogP contribution in [0, 0.1) is 11.3 Å². The normalized spacial score (nSPS) is 17.0. The molecule has 35 heavy (non-hydrogen) atoms. The summed E-state index contributed by atoms with van der Waals surface area (Å²) >= 11 is 0. The van der Waals surface area contributed by atoms with E-state index in [-0.39, 0.29) is 23.8 Å². The number of amides is 1. The molecule has 2 aromatic carbocycles. The third-order valence-corrected chi connectivity index (χ3v) is 6.94. The second kappa shape index (κ2) is 9.77.